The van der Waals surface area contributed by atoms with E-state index in [2.05, 4.69) is 21.2 Å². The van der Waals surface area contributed by atoms with Gasteiger partial charge >= 0.3 is 0 Å². The Kier molecular flexibility index (Phi) is 3.60. The second-order valence-corrected chi connectivity index (χ2v) is 5.54. The smallest absolute Gasteiger partial charge is 0.252 e. The van der Waals surface area contributed by atoms with Crippen molar-refractivity contribution in [2.24, 2.45) is 0 Å². The van der Waals surface area contributed by atoms with Crippen molar-refractivity contribution in [1.29, 1.82) is 0 Å². The first kappa shape index (κ1) is 12.3. The van der Waals surface area contributed by atoms with E-state index in [1.807, 2.05) is 46.8 Å². The lowest BCUT2D eigenvalue weighted by atomic mass is 9.95. The van der Waals surface area contributed by atoms with Crippen LogP contribution in [0.15, 0.2) is 22.7 Å². The minimum absolute atomic E-state index is 0.0469. The van der Waals surface area contributed by atoms with E-state index in [0.29, 0.717) is 5.56 Å². The van der Waals surface area contributed by atoms with Crippen molar-refractivity contribution >= 4 is 35.1 Å². The van der Waals surface area contributed by atoms with Crippen molar-refractivity contribution in [3.63, 3.8) is 0 Å². The van der Waals surface area contributed by atoms with E-state index in [9.17, 15) is 4.79 Å². The molecular formula is C11H15BBrNO. The Balaban J connectivity index is 2.92. The summed E-state index contributed by atoms with van der Waals surface area (Å²) in [7, 11) is 2.00. The van der Waals surface area contributed by atoms with Crippen LogP contribution < -0.4 is 10.8 Å². The minimum atomic E-state index is -0.207. The zero-order chi connectivity index (χ0) is 11.6. The molecule has 0 radical (unpaired) electrons. The lowest BCUT2D eigenvalue weighted by molar-refractivity contribution is 0.0919. The molecule has 0 spiro atoms. The molecule has 1 amide bonds. The van der Waals surface area contributed by atoms with E-state index in [-0.39, 0.29) is 11.4 Å². The van der Waals surface area contributed by atoms with E-state index >= 15 is 0 Å². The van der Waals surface area contributed by atoms with E-state index in [1.54, 1.807) is 0 Å². The zero-order valence-electron chi connectivity index (χ0n) is 9.52. The van der Waals surface area contributed by atoms with E-state index < -0.39 is 0 Å². The van der Waals surface area contributed by atoms with Crippen LogP contribution in [0.5, 0.6) is 0 Å². The van der Waals surface area contributed by atoms with Crippen LogP contribution in [0.2, 0.25) is 0 Å². The molecule has 15 heavy (non-hydrogen) atoms. The largest absolute Gasteiger partial charge is 0.347 e. The number of carbonyl (C=O) groups excluding carboxylic acids is 1. The molecule has 80 valence electrons. The Labute approximate surface area is 100.0 Å². The van der Waals surface area contributed by atoms with Gasteiger partial charge in [0.15, 0.2) is 0 Å². The topological polar surface area (TPSA) is 29.1 Å². The second-order valence-electron chi connectivity index (χ2n) is 4.69. The van der Waals surface area contributed by atoms with E-state index in [0.717, 1.165) is 9.94 Å². The number of hydrogen-bond acceptors (Lipinski definition) is 1. The van der Waals surface area contributed by atoms with E-state index in [1.165, 1.54) is 0 Å². The van der Waals surface area contributed by atoms with Crippen molar-refractivity contribution < 1.29 is 4.79 Å². The van der Waals surface area contributed by atoms with Crippen LogP contribution in [0.1, 0.15) is 31.1 Å². The highest BCUT2D eigenvalue weighted by Gasteiger charge is 2.16. The van der Waals surface area contributed by atoms with Gasteiger partial charge in [0.2, 0.25) is 0 Å². The van der Waals surface area contributed by atoms with Gasteiger partial charge in [-0.1, -0.05) is 17.6 Å². The standard InChI is InChI=1S/C11H15BBrNO/c1-11(2,3)14-10(15)8-5-4-7(12)6-9(8)13/h4-6H,12H2,1-3H3,(H,14,15). The molecule has 1 N–H and O–H groups in total. The third-order valence-electron chi connectivity index (χ3n) is 1.86. The van der Waals surface area contributed by atoms with Gasteiger partial charge in [0.1, 0.15) is 7.85 Å². The zero-order valence-corrected chi connectivity index (χ0v) is 11.1. The number of amides is 1. The molecule has 0 fully saturated rings. The second kappa shape index (κ2) is 4.39. The lowest BCUT2D eigenvalue weighted by Gasteiger charge is -2.21. The number of carbonyl (C=O) groups is 1. The summed E-state index contributed by atoms with van der Waals surface area (Å²) in [6.45, 7) is 5.90. The molecule has 0 aromatic heterocycles. The van der Waals surface area contributed by atoms with Crippen molar-refractivity contribution in [2.75, 3.05) is 0 Å². The first-order chi connectivity index (χ1) is 6.79. The van der Waals surface area contributed by atoms with Gasteiger partial charge < -0.3 is 5.32 Å². The first-order valence-corrected chi connectivity index (χ1v) is 5.67. The van der Waals surface area contributed by atoms with Gasteiger partial charge in [-0.15, -0.1) is 0 Å². The summed E-state index contributed by atoms with van der Waals surface area (Å²) in [5.41, 5.74) is 1.60. The van der Waals surface area contributed by atoms with Crippen LogP contribution in [0, 0.1) is 0 Å². The molecule has 1 aromatic carbocycles. The maximum absolute atomic E-state index is 11.9. The summed E-state index contributed by atoms with van der Waals surface area (Å²) in [5.74, 6) is -0.0469. The lowest BCUT2D eigenvalue weighted by Crippen LogP contribution is -2.40. The number of nitrogens with one attached hydrogen (secondary N) is 1. The summed E-state index contributed by atoms with van der Waals surface area (Å²) in [5, 5.41) is 2.93. The van der Waals surface area contributed by atoms with Crippen molar-refractivity contribution in [2.45, 2.75) is 26.3 Å². The quantitative estimate of drug-likeness (QED) is 0.763. The van der Waals surface area contributed by atoms with Crippen molar-refractivity contribution in [3.8, 4) is 0 Å². The average Bonchev–Trinajstić information content (AvgIpc) is 1.99. The van der Waals surface area contributed by atoms with Gasteiger partial charge in [-0.25, -0.2) is 0 Å². The van der Waals surface area contributed by atoms with Gasteiger partial charge in [0, 0.05) is 10.0 Å². The predicted octanol–water partition coefficient (Wildman–Crippen LogP) is 1.24. The van der Waals surface area contributed by atoms with Crippen molar-refractivity contribution in [3.05, 3.63) is 28.2 Å². The van der Waals surface area contributed by atoms with Crippen LogP contribution in [-0.2, 0) is 0 Å². The Morgan fingerprint density at radius 1 is 1.40 bits per heavy atom. The maximum Gasteiger partial charge on any atom is 0.252 e. The van der Waals surface area contributed by atoms with Gasteiger partial charge in [-0.05, 0) is 42.8 Å². The molecule has 0 aliphatic rings. The number of halogens is 1. The molecule has 0 aliphatic carbocycles. The third-order valence-corrected chi connectivity index (χ3v) is 2.51. The SMILES string of the molecule is Bc1ccc(C(=O)NC(C)(C)C)c(Br)c1. The Morgan fingerprint density at radius 2 is 2.00 bits per heavy atom. The Bertz CT molecular complexity index is 385. The van der Waals surface area contributed by atoms with Crippen LogP contribution in [0.25, 0.3) is 0 Å². The summed E-state index contributed by atoms with van der Waals surface area (Å²) < 4.78 is 0.837. The monoisotopic (exact) mass is 267 g/mol. The molecular weight excluding hydrogens is 253 g/mol. The van der Waals surface area contributed by atoms with Gasteiger partial charge in [0.25, 0.3) is 5.91 Å². The average molecular weight is 268 g/mol. The molecule has 0 atom stereocenters. The minimum Gasteiger partial charge on any atom is -0.347 e. The summed E-state index contributed by atoms with van der Waals surface area (Å²) in [6, 6.07) is 5.71. The molecule has 0 heterocycles. The van der Waals surface area contributed by atoms with Crippen LogP contribution in [0.3, 0.4) is 0 Å². The van der Waals surface area contributed by atoms with Crippen LogP contribution >= 0.6 is 15.9 Å². The molecule has 0 saturated carbocycles. The molecule has 1 aromatic rings. The molecule has 0 unspecified atom stereocenters. The van der Waals surface area contributed by atoms with E-state index in [4.69, 9.17) is 0 Å². The molecule has 1 rings (SSSR count). The number of rotatable bonds is 1. The molecule has 4 heteroatoms. The summed E-state index contributed by atoms with van der Waals surface area (Å²) in [4.78, 5) is 11.9. The van der Waals surface area contributed by atoms with Gasteiger partial charge in [0.05, 0.1) is 5.56 Å². The number of hydrogen-bond donors (Lipinski definition) is 1. The van der Waals surface area contributed by atoms with Crippen LogP contribution in [-0.4, -0.2) is 19.3 Å². The Hall–Kier alpha value is -0.765. The van der Waals surface area contributed by atoms with Crippen molar-refractivity contribution in [1.82, 2.24) is 5.32 Å². The number of benzene rings is 1. The highest BCUT2D eigenvalue weighted by molar-refractivity contribution is 9.10. The first-order valence-electron chi connectivity index (χ1n) is 4.88. The fourth-order valence-corrected chi connectivity index (χ4v) is 1.89. The molecule has 2 nitrogen and oxygen atoms in total. The van der Waals surface area contributed by atoms with Gasteiger partial charge in [-0.3, -0.25) is 4.79 Å². The highest BCUT2D eigenvalue weighted by Crippen LogP contribution is 2.15. The predicted molar refractivity (Wildman–Crippen MR) is 69.5 cm³/mol. The Morgan fingerprint density at radius 3 is 2.47 bits per heavy atom. The maximum atomic E-state index is 11.9. The fraction of sp³-hybridized carbons (Fsp3) is 0.364. The molecule has 0 saturated heterocycles. The third kappa shape index (κ3) is 3.70. The van der Waals surface area contributed by atoms with Crippen LogP contribution in [0.4, 0.5) is 0 Å². The molecule has 0 aliphatic heterocycles. The summed E-state index contributed by atoms with van der Waals surface area (Å²) >= 11 is 3.39. The summed E-state index contributed by atoms with van der Waals surface area (Å²) in [6.07, 6.45) is 0. The normalized spacial score (nSPS) is 11.2. The highest BCUT2D eigenvalue weighted by atomic mass is 79.9. The molecule has 0 bridgehead atoms. The fourth-order valence-electron chi connectivity index (χ4n) is 1.21. The van der Waals surface area contributed by atoms with Gasteiger partial charge in [-0.2, -0.15) is 0 Å².